The highest BCUT2D eigenvalue weighted by molar-refractivity contribution is 5.42. The summed E-state index contributed by atoms with van der Waals surface area (Å²) in [5.74, 6) is 0.141. The van der Waals surface area contributed by atoms with Crippen LogP contribution in [0, 0.1) is 10.1 Å². The highest BCUT2D eigenvalue weighted by Crippen LogP contribution is 2.24. The molecule has 0 radical (unpaired) electrons. The third kappa shape index (κ3) is 3.02. The lowest BCUT2D eigenvalue weighted by atomic mass is 10.5. The summed E-state index contributed by atoms with van der Waals surface area (Å²) in [6.07, 6.45) is 1.46. The van der Waals surface area contributed by atoms with Crippen molar-refractivity contribution in [1.29, 1.82) is 0 Å². The van der Waals surface area contributed by atoms with Crippen molar-refractivity contribution in [1.82, 2.24) is 9.97 Å². The number of nitro groups is 1. The molecule has 0 aromatic carbocycles. The Hall–Kier alpha value is -1.96. The molecule has 1 aromatic heterocycles. The zero-order chi connectivity index (χ0) is 12.0. The Kier molecular flexibility index (Phi) is 4.40. The van der Waals surface area contributed by atoms with E-state index in [0.29, 0.717) is 6.42 Å². The summed E-state index contributed by atoms with van der Waals surface area (Å²) in [5, 5.41) is 21.8. The Balaban J connectivity index is 2.87. The smallest absolute Gasteiger partial charge is 0.349 e. The van der Waals surface area contributed by atoms with Crippen LogP contribution in [0.25, 0.3) is 0 Å². The maximum Gasteiger partial charge on any atom is 0.349 e. The Labute approximate surface area is 91.4 Å². The van der Waals surface area contributed by atoms with Gasteiger partial charge in [0.05, 0.1) is 11.5 Å². The van der Waals surface area contributed by atoms with Gasteiger partial charge in [0.15, 0.2) is 0 Å². The van der Waals surface area contributed by atoms with Crippen molar-refractivity contribution < 1.29 is 14.8 Å². The van der Waals surface area contributed by atoms with Crippen LogP contribution in [-0.2, 0) is 0 Å². The molecule has 1 rings (SSSR count). The number of hydrogen-bond donors (Lipinski definition) is 2. The fourth-order valence-electron chi connectivity index (χ4n) is 0.945. The maximum absolute atomic E-state index is 10.6. The van der Waals surface area contributed by atoms with Gasteiger partial charge in [-0.2, -0.15) is 4.98 Å². The van der Waals surface area contributed by atoms with Gasteiger partial charge in [-0.15, -0.1) is 0 Å². The Morgan fingerprint density at radius 2 is 2.44 bits per heavy atom. The number of ether oxygens (including phenoxy) is 1. The molecule has 1 heterocycles. The highest BCUT2D eigenvalue weighted by atomic mass is 16.6. The van der Waals surface area contributed by atoms with Gasteiger partial charge >= 0.3 is 5.69 Å². The fraction of sp³-hybridized carbons (Fsp3) is 0.500. The van der Waals surface area contributed by atoms with Crippen molar-refractivity contribution in [3.05, 3.63) is 16.3 Å². The summed E-state index contributed by atoms with van der Waals surface area (Å²) in [5.41, 5.74) is -0.295. The molecule has 0 fully saturated rings. The molecule has 1 aromatic rings. The molecule has 0 atom stereocenters. The minimum Gasteiger partial charge on any atom is -0.473 e. The van der Waals surface area contributed by atoms with Crippen molar-refractivity contribution in [3.63, 3.8) is 0 Å². The summed E-state index contributed by atoms with van der Waals surface area (Å²) in [4.78, 5) is 17.5. The first-order valence-corrected chi connectivity index (χ1v) is 4.62. The number of aliphatic hydroxyl groups excluding tert-OH is 1. The molecule has 88 valence electrons. The number of aliphatic hydroxyl groups is 1. The van der Waals surface area contributed by atoms with Gasteiger partial charge in [0.2, 0.25) is 5.95 Å². The number of hydrogen-bond acceptors (Lipinski definition) is 7. The van der Waals surface area contributed by atoms with Gasteiger partial charge in [-0.1, -0.05) is 0 Å². The molecule has 0 aliphatic carbocycles. The summed E-state index contributed by atoms with van der Waals surface area (Å²) < 4.78 is 5.09. The normalized spacial score (nSPS) is 9.88. The first kappa shape index (κ1) is 12.1. The first-order valence-electron chi connectivity index (χ1n) is 4.62. The molecule has 0 unspecified atom stereocenters. The lowest BCUT2D eigenvalue weighted by Gasteiger charge is -2.05. The van der Waals surface area contributed by atoms with Gasteiger partial charge in [0, 0.05) is 20.1 Å². The topological polar surface area (TPSA) is 110 Å². The Morgan fingerprint density at radius 1 is 1.69 bits per heavy atom. The standard InChI is InChI=1S/C8H12N4O4/c1-9-8-10-5-6(12(14)15)7(11-8)16-4-2-3-13/h5,13H,2-4H2,1H3,(H,9,10,11). The molecular formula is C8H12N4O4. The van der Waals surface area contributed by atoms with Crippen LogP contribution in [0.15, 0.2) is 6.20 Å². The van der Waals surface area contributed by atoms with Crippen LogP contribution < -0.4 is 10.1 Å². The molecule has 0 bridgehead atoms. The molecule has 0 amide bonds. The molecule has 2 N–H and O–H groups in total. The van der Waals surface area contributed by atoms with E-state index in [4.69, 9.17) is 9.84 Å². The minimum atomic E-state index is -0.617. The Bertz CT molecular complexity index is 371. The fourth-order valence-corrected chi connectivity index (χ4v) is 0.945. The molecule has 0 aliphatic heterocycles. The summed E-state index contributed by atoms with van der Waals surface area (Å²) in [7, 11) is 1.60. The van der Waals surface area contributed by atoms with Gasteiger partial charge in [-0.3, -0.25) is 10.1 Å². The Morgan fingerprint density at radius 3 is 3.00 bits per heavy atom. The van der Waals surface area contributed by atoms with Crippen LogP contribution in [0.2, 0.25) is 0 Å². The van der Waals surface area contributed by atoms with Crippen molar-refractivity contribution in [2.75, 3.05) is 25.6 Å². The van der Waals surface area contributed by atoms with E-state index < -0.39 is 4.92 Å². The van der Waals surface area contributed by atoms with Gasteiger partial charge in [-0.25, -0.2) is 4.98 Å². The van der Waals surface area contributed by atoms with Crippen molar-refractivity contribution in [2.45, 2.75) is 6.42 Å². The van der Waals surface area contributed by atoms with Crippen molar-refractivity contribution in [3.8, 4) is 5.88 Å². The monoisotopic (exact) mass is 228 g/mol. The quantitative estimate of drug-likeness (QED) is 0.406. The molecule has 0 saturated heterocycles. The lowest BCUT2D eigenvalue weighted by molar-refractivity contribution is -0.386. The van der Waals surface area contributed by atoms with Crippen LogP contribution in [0.4, 0.5) is 11.6 Å². The SMILES string of the molecule is CNc1ncc([N+](=O)[O-])c(OCCCO)n1. The number of aromatic nitrogens is 2. The maximum atomic E-state index is 10.6. The second-order valence-electron chi connectivity index (χ2n) is 2.82. The van der Waals surface area contributed by atoms with Gasteiger partial charge in [0.25, 0.3) is 5.88 Å². The van der Waals surface area contributed by atoms with E-state index >= 15 is 0 Å². The van der Waals surface area contributed by atoms with Gasteiger partial charge in [-0.05, 0) is 0 Å². The molecular weight excluding hydrogens is 216 g/mol. The van der Waals surface area contributed by atoms with E-state index in [1.54, 1.807) is 7.05 Å². The van der Waals surface area contributed by atoms with Crippen molar-refractivity contribution in [2.24, 2.45) is 0 Å². The van der Waals surface area contributed by atoms with E-state index in [1.807, 2.05) is 0 Å². The van der Waals surface area contributed by atoms with E-state index in [2.05, 4.69) is 15.3 Å². The molecule has 0 aliphatic rings. The van der Waals surface area contributed by atoms with Gasteiger partial charge in [0.1, 0.15) is 6.20 Å². The van der Waals surface area contributed by atoms with Crippen LogP contribution in [-0.4, -0.2) is 40.3 Å². The van der Waals surface area contributed by atoms with Crippen LogP contribution in [0.1, 0.15) is 6.42 Å². The number of rotatable bonds is 6. The second-order valence-corrected chi connectivity index (χ2v) is 2.82. The van der Waals surface area contributed by atoms with E-state index in [9.17, 15) is 10.1 Å². The number of nitrogens with one attached hydrogen (secondary N) is 1. The summed E-state index contributed by atoms with van der Waals surface area (Å²) in [6.45, 7) is 0.120. The van der Waals surface area contributed by atoms with E-state index in [-0.39, 0.29) is 30.7 Å². The van der Waals surface area contributed by atoms with Crippen LogP contribution >= 0.6 is 0 Å². The molecule has 0 saturated carbocycles. The minimum absolute atomic E-state index is 0.0439. The average molecular weight is 228 g/mol. The largest absolute Gasteiger partial charge is 0.473 e. The van der Waals surface area contributed by atoms with Gasteiger partial charge < -0.3 is 15.2 Å². The number of nitrogens with zero attached hydrogens (tertiary/aromatic N) is 3. The van der Waals surface area contributed by atoms with Crippen LogP contribution in [0.5, 0.6) is 5.88 Å². The number of anilines is 1. The summed E-state index contributed by atoms with van der Waals surface area (Å²) >= 11 is 0. The third-order valence-corrected chi connectivity index (χ3v) is 1.70. The molecule has 8 heteroatoms. The zero-order valence-corrected chi connectivity index (χ0v) is 8.71. The molecule has 16 heavy (non-hydrogen) atoms. The zero-order valence-electron chi connectivity index (χ0n) is 8.71. The van der Waals surface area contributed by atoms with E-state index in [1.165, 1.54) is 0 Å². The summed E-state index contributed by atoms with van der Waals surface area (Å²) in [6, 6.07) is 0. The lowest BCUT2D eigenvalue weighted by Crippen LogP contribution is -2.06. The second kappa shape index (κ2) is 5.81. The first-order chi connectivity index (χ1) is 7.69. The molecule has 8 nitrogen and oxygen atoms in total. The average Bonchev–Trinajstić information content (AvgIpc) is 2.29. The highest BCUT2D eigenvalue weighted by Gasteiger charge is 2.18. The molecule has 0 spiro atoms. The van der Waals surface area contributed by atoms with Crippen molar-refractivity contribution >= 4 is 11.6 Å². The van der Waals surface area contributed by atoms with E-state index in [0.717, 1.165) is 6.20 Å². The predicted octanol–water partition coefficient (Wildman–Crippen LogP) is 0.188. The third-order valence-electron chi connectivity index (χ3n) is 1.70. The van der Waals surface area contributed by atoms with Crippen LogP contribution in [0.3, 0.4) is 0 Å². The predicted molar refractivity (Wildman–Crippen MR) is 55.4 cm³/mol.